The fraction of sp³-hybridized carbons (Fsp3) is 0.583. The molecular formula is C24H35NO7. The summed E-state index contributed by atoms with van der Waals surface area (Å²) in [4.78, 5) is 35.8. The maximum absolute atomic E-state index is 13.2. The molecule has 3 atom stereocenters. The van der Waals surface area contributed by atoms with E-state index in [2.05, 4.69) is 0 Å². The van der Waals surface area contributed by atoms with Crippen molar-refractivity contribution >= 4 is 17.4 Å². The maximum Gasteiger partial charge on any atom is 0.334 e. The van der Waals surface area contributed by atoms with Gasteiger partial charge in [-0.3, -0.25) is 14.9 Å². The predicted octanol–water partition coefficient (Wildman–Crippen LogP) is 4.24. The van der Waals surface area contributed by atoms with Crippen molar-refractivity contribution in [1.82, 2.24) is 0 Å². The van der Waals surface area contributed by atoms with Crippen molar-refractivity contribution in [2.45, 2.75) is 66.6 Å². The van der Waals surface area contributed by atoms with Gasteiger partial charge >= 0.3 is 5.97 Å². The van der Waals surface area contributed by atoms with Gasteiger partial charge < -0.3 is 14.6 Å². The molecule has 0 bridgehead atoms. The lowest BCUT2D eigenvalue weighted by molar-refractivity contribution is -0.384. The van der Waals surface area contributed by atoms with Crippen LogP contribution in [0.3, 0.4) is 0 Å². The maximum atomic E-state index is 13.2. The molecule has 178 valence electrons. The number of nitro benzene ring substituents is 1. The molecule has 0 saturated heterocycles. The summed E-state index contributed by atoms with van der Waals surface area (Å²) in [5, 5.41) is 21.6. The van der Waals surface area contributed by atoms with Gasteiger partial charge in [0.25, 0.3) is 5.69 Å². The van der Waals surface area contributed by atoms with E-state index in [9.17, 15) is 24.8 Å². The number of methoxy groups -OCH3 is 1. The molecule has 0 fully saturated rings. The zero-order chi connectivity index (χ0) is 24.9. The van der Waals surface area contributed by atoms with E-state index in [0.717, 1.165) is 5.56 Å². The van der Waals surface area contributed by atoms with Crippen LogP contribution in [-0.4, -0.2) is 40.6 Å². The second-order valence-electron chi connectivity index (χ2n) is 9.62. The molecular weight excluding hydrogens is 414 g/mol. The van der Waals surface area contributed by atoms with Gasteiger partial charge in [-0.15, -0.1) is 0 Å². The number of hydrogen-bond donors (Lipinski definition) is 1. The first kappa shape index (κ1) is 27.3. The number of aliphatic hydroxyl groups excluding tert-OH is 1. The lowest BCUT2D eigenvalue weighted by atomic mass is 9.75. The lowest BCUT2D eigenvalue weighted by Crippen LogP contribution is -2.40. The van der Waals surface area contributed by atoms with E-state index >= 15 is 0 Å². The molecule has 1 aromatic rings. The highest BCUT2D eigenvalue weighted by Gasteiger charge is 2.40. The van der Waals surface area contributed by atoms with Crippen LogP contribution in [0.15, 0.2) is 36.1 Å². The Labute approximate surface area is 189 Å². The number of nitrogens with zero attached hydrogens (tertiary/aromatic N) is 1. The van der Waals surface area contributed by atoms with E-state index in [0.29, 0.717) is 6.42 Å². The number of non-ortho nitro benzene ring substituents is 1. The molecule has 0 aliphatic rings. The first-order chi connectivity index (χ1) is 14.6. The number of rotatable bonds is 10. The third-order valence-electron chi connectivity index (χ3n) is 5.32. The van der Waals surface area contributed by atoms with Gasteiger partial charge in [0.15, 0.2) is 5.78 Å². The largest absolute Gasteiger partial charge is 0.500 e. The molecule has 1 N–H and O–H groups in total. The molecule has 1 aromatic carbocycles. The summed E-state index contributed by atoms with van der Waals surface area (Å²) < 4.78 is 10.6. The van der Waals surface area contributed by atoms with Gasteiger partial charge in [-0.05, 0) is 52.5 Å². The Hall–Kier alpha value is -2.74. The van der Waals surface area contributed by atoms with Crippen molar-refractivity contribution in [1.29, 1.82) is 0 Å². The van der Waals surface area contributed by atoms with Crippen molar-refractivity contribution in [2.24, 2.45) is 17.3 Å². The summed E-state index contributed by atoms with van der Waals surface area (Å²) in [6.45, 7) is 12.0. The van der Waals surface area contributed by atoms with E-state index in [1.54, 1.807) is 53.7 Å². The van der Waals surface area contributed by atoms with Crippen LogP contribution >= 0.6 is 0 Å². The Morgan fingerprint density at radius 3 is 2.09 bits per heavy atom. The number of ether oxygens (including phenoxy) is 2. The molecule has 0 aromatic heterocycles. The highest BCUT2D eigenvalue weighted by molar-refractivity contribution is 5.91. The third kappa shape index (κ3) is 7.44. The molecule has 0 heterocycles. The number of allylic oxidation sites excluding steroid dienone is 1. The Kier molecular flexibility index (Phi) is 9.14. The van der Waals surface area contributed by atoms with Crippen LogP contribution < -0.4 is 0 Å². The average Bonchev–Trinajstić information content (AvgIpc) is 2.69. The summed E-state index contributed by atoms with van der Waals surface area (Å²) in [7, 11) is 1.38. The summed E-state index contributed by atoms with van der Waals surface area (Å²) in [6, 6.07) is 6.12. The quantitative estimate of drug-likeness (QED) is 0.187. The normalized spacial score (nSPS) is 15.5. The van der Waals surface area contributed by atoms with Gasteiger partial charge in [-0.1, -0.05) is 26.0 Å². The number of nitro groups is 1. The SMILES string of the molecule is CO/C(=C\C(=O)OC(C)(C)C)C(C)(C)C(=O)[C@H](C)[C@@H](O)[C@@H](C)Cc1ccc([N+](=O)[O-])cc1. The number of benzene rings is 1. The van der Waals surface area contributed by atoms with Crippen LogP contribution in [0.25, 0.3) is 0 Å². The highest BCUT2D eigenvalue weighted by Crippen LogP contribution is 2.34. The summed E-state index contributed by atoms with van der Waals surface area (Å²) in [5.74, 6) is -1.77. The molecule has 0 radical (unpaired) electrons. The number of esters is 1. The highest BCUT2D eigenvalue weighted by atomic mass is 16.6. The third-order valence-corrected chi connectivity index (χ3v) is 5.32. The molecule has 8 nitrogen and oxygen atoms in total. The second kappa shape index (κ2) is 10.7. The lowest BCUT2D eigenvalue weighted by Gasteiger charge is -2.32. The minimum absolute atomic E-state index is 0.00360. The monoisotopic (exact) mass is 449 g/mol. The zero-order valence-electron chi connectivity index (χ0n) is 20.2. The summed E-state index contributed by atoms with van der Waals surface area (Å²) >= 11 is 0. The number of carbonyl (C=O) groups is 2. The van der Waals surface area contributed by atoms with E-state index in [4.69, 9.17) is 9.47 Å². The summed E-state index contributed by atoms with van der Waals surface area (Å²) in [6.07, 6.45) is 0.654. The Bertz CT molecular complexity index is 850. The van der Waals surface area contributed by atoms with Crippen LogP contribution in [0.4, 0.5) is 5.69 Å². The second-order valence-corrected chi connectivity index (χ2v) is 9.62. The van der Waals surface area contributed by atoms with Crippen molar-refractivity contribution in [2.75, 3.05) is 7.11 Å². The Balaban J connectivity index is 2.95. The van der Waals surface area contributed by atoms with Crippen molar-refractivity contribution in [3.63, 3.8) is 0 Å². The van der Waals surface area contributed by atoms with Crippen molar-refractivity contribution < 1.29 is 29.1 Å². The molecule has 0 spiro atoms. The van der Waals surface area contributed by atoms with Gasteiger partial charge in [-0.25, -0.2) is 4.79 Å². The minimum Gasteiger partial charge on any atom is -0.500 e. The van der Waals surface area contributed by atoms with Crippen LogP contribution in [-0.2, 0) is 25.5 Å². The molecule has 0 aliphatic carbocycles. The Morgan fingerprint density at radius 2 is 1.66 bits per heavy atom. The van der Waals surface area contributed by atoms with Gasteiger partial charge in [-0.2, -0.15) is 0 Å². The first-order valence-corrected chi connectivity index (χ1v) is 10.5. The van der Waals surface area contributed by atoms with Gasteiger partial charge in [0.05, 0.1) is 29.6 Å². The fourth-order valence-electron chi connectivity index (χ4n) is 3.52. The number of ketones is 1. The van der Waals surface area contributed by atoms with Gasteiger partial charge in [0.1, 0.15) is 11.4 Å². The standard InChI is InChI=1S/C24H35NO7/c1-15(13-17-9-11-18(12-10-17)25(29)30)21(27)16(2)22(28)24(6,7)19(31-8)14-20(26)32-23(3,4)5/h9-12,14-16,21,27H,13H2,1-8H3/b19-14-/t15-,16+,21-/m0/s1. The smallest absolute Gasteiger partial charge is 0.334 e. The number of carbonyl (C=O) groups excluding carboxylic acids is 2. The molecule has 32 heavy (non-hydrogen) atoms. The number of Topliss-reactive ketones (excluding diaryl/α,β-unsaturated/α-hetero) is 1. The van der Waals surface area contributed by atoms with Crippen LogP contribution in [0, 0.1) is 27.4 Å². The molecule has 1 rings (SSSR count). The zero-order valence-corrected chi connectivity index (χ0v) is 20.2. The van der Waals surface area contributed by atoms with Crippen LogP contribution in [0.5, 0.6) is 0 Å². The van der Waals surface area contributed by atoms with Gasteiger partial charge in [0.2, 0.25) is 0 Å². The summed E-state index contributed by atoms with van der Waals surface area (Å²) in [5.41, 5.74) is -1.03. The molecule has 0 amide bonds. The van der Waals surface area contributed by atoms with Crippen molar-refractivity contribution in [3.05, 3.63) is 51.8 Å². The fourth-order valence-corrected chi connectivity index (χ4v) is 3.52. The van der Waals surface area contributed by atoms with Crippen LogP contribution in [0.1, 0.15) is 54.0 Å². The molecule has 0 saturated carbocycles. The van der Waals surface area contributed by atoms with E-state index in [1.807, 2.05) is 6.92 Å². The predicted molar refractivity (Wildman–Crippen MR) is 121 cm³/mol. The van der Waals surface area contributed by atoms with E-state index in [1.165, 1.54) is 25.3 Å². The number of hydrogen-bond acceptors (Lipinski definition) is 7. The van der Waals surface area contributed by atoms with E-state index < -0.39 is 33.9 Å². The van der Waals surface area contributed by atoms with Crippen LogP contribution in [0.2, 0.25) is 0 Å². The molecule has 0 unspecified atom stereocenters. The molecule has 0 aliphatic heterocycles. The van der Waals surface area contributed by atoms with Crippen molar-refractivity contribution in [3.8, 4) is 0 Å². The average molecular weight is 450 g/mol. The van der Waals surface area contributed by atoms with E-state index in [-0.39, 0.29) is 23.1 Å². The molecule has 8 heteroatoms. The topological polar surface area (TPSA) is 116 Å². The first-order valence-electron chi connectivity index (χ1n) is 10.5. The number of aliphatic hydroxyl groups is 1. The van der Waals surface area contributed by atoms with Gasteiger partial charge in [0, 0.05) is 18.1 Å². The minimum atomic E-state index is -1.17. The Morgan fingerprint density at radius 1 is 1.12 bits per heavy atom.